The van der Waals surface area contributed by atoms with E-state index >= 15 is 0 Å². The second-order valence-corrected chi connectivity index (χ2v) is 9.83. The SMILES string of the molecule is CC.CC.COC(=O)CSCCCCCCCCCSCCCNC(=O)OC(C)(C)C. The number of methoxy groups -OCH3 is 1. The van der Waals surface area contributed by atoms with Crippen molar-refractivity contribution in [3.05, 3.63) is 0 Å². The van der Waals surface area contributed by atoms with Gasteiger partial charge in [-0.25, -0.2) is 4.79 Å². The molecule has 5 nitrogen and oxygen atoms in total. The van der Waals surface area contributed by atoms with Gasteiger partial charge in [0.05, 0.1) is 12.9 Å². The highest BCUT2D eigenvalue weighted by Crippen LogP contribution is 2.13. The molecule has 1 amide bonds. The van der Waals surface area contributed by atoms with Crippen molar-refractivity contribution in [1.29, 1.82) is 0 Å². The van der Waals surface area contributed by atoms with Gasteiger partial charge in [0.25, 0.3) is 0 Å². The van der Waals surface area contributed by atoms with Crippen molar-refractivity contribution in [2.24, 2.45) is 0 Å². The molecule has 0 saturated carbocycles. The van der Waals surface area contributed by atoms with Gasteiger partial charge in [-0.15, -0.1) is 0 Å². The maximum atomic E-state index is 11.5. The predicted molar refractivity (Wildman–Crippen MR) is 141 cm³/mol. The molecular weight excluding hydrogens is 430 g/mol. The van der Waals surface area contributed by atoms with Crippen molar-refractivity contribution in [2.45, 2.75) is 105 Å². The van der Waals surface area contributed by atoms with E-state index < -0.39 is 5.60 Å². The summed E-state index contributed by atoms with van der Waals surface area (Å²) in [7, 11) is 1.44. The number of hydrogen-bond donors (Lipinski definition) is 1. The number of thioether (sulfide) groups is 2. The Labute approximate surface area is 201 Å². The first-order valence-electron chi connectivity index (χ1n) is 12.0. The fourth-order valence-corrected chi connectivity index (χ4v) is 4.09. The minimum Gasteiger partial charge on any atom is -0.468 e. The summed E-state index contributed by atoms with van der Waals surface area (Å²) in [6, 6.07) is 0. The van der Waals surface area contributed by atoms with Crippen molar-refractivity contribution in [1.82, 2.24) is 5.32 Å². The van der Waals surface area contributed by atoms with Gasteiger partial charge in [-0.05, 0) is 57.3 Å². The summed E-state index contributed by atoms with van der Waals surface area (Å²) in [5, 5.41) is 2.79. The Balaban J connectivity index is -0.00000184. The van der Waals surface area contributed by atoms with Crippen LogP contribution in [0.3, 0.4) is 0 Å². The van der Waals surface area contributed by atoms with Crippen LogP contribution in [0.5, 0.6) is 0 Å². The summed E-state index contributed by atoms with van der Waals surface area (Å²) in [5.74, 6) is 3.69. The summed E-state index contributed by atoms with van der Waals surface area (Å²) in [6.45, 7) is 14.3. The number of unbranched alkanes of at least 4 members (excludes halogenated alkanes) is 6. The zero-order valence-corrected chi connectivity index (χ0v) is 23.3. The number of carbonyl (C=O) groups is 2. The highest BCUT2D eigenvalue weighted by molar-refractivity contribution is 7.99. The third-order valence-corrected chi connectivity index (χ3v) is 5.83. The zero-order chi connectivity index (χ0) is 24.4. The Morgan fingerprint density at radius 2 is 1.19 bits per heavy atom. The summed E-state index contributed by atoms with van der Waals surface area (Å²) in [6.07, 6.45) is 9.61. The van der Waals surface area contributed by atoms with Crippen molar-refractivity contribution < 1.29 is 19.1 Å². The molecule has 0 saturated heterocycles. The maximum absolute atomic E-state index is 11.5. The Hall–Kier alpha value is -0.560. The van der Waals surface area contributed by atoms with Gasteiger partial charge in [0, 0.05) is 6.54 Å². The van der Waals surface area contributed by atoms with Gasteiger partial charge in [-0.2, -0.15) is 23.5 Å². The molecule has 31 heavy (non-hydrogen) atoms. The fraction of sp³-hybridized carbons (Fsp3) is 0.917. The minimum absolute atomic E-state index is 0.128. The topological polar surface area (TPSA) is 64.6 Å². The Bertz CT molecular complexity index is 388. The summed E-state index contributed by atoms with van der Waals surface area (Å²) >= 11 is 3.63. The molecule has 0 spiro atoms. The minimum atomic E-state index is -0.428. The van der Waals surface area contributed by atoms with E-state index in [1.54, 1.807) is 11.8 Å². The molecule has 0 bridgehead atoms. The summed E-state index contributed by atoms with van der Waals surface area (Å²) in [4.78, 5) is 22.4. The third-order valence-electron chi connectivity index (χ3n) is 3.66. The van der Waals surface area contributed by atoms with E-state index in [1.807, 2.05) is 60.2 Å². The van der Waals surface area contributed by atoms with Gasteiger partial charge in [-0.3, -0.25) is 4.79 Å². The number of ether oxygens (including phenoxy) is 2. The molecule has 188 valence electrons. The van der Waals surface area contributed by atoms with Crippen LogP contribution in [0, 0.1) is 0 Å². The predicted octanol–water partition coefficient (Wildman–Crippen LogP) is 7.32. The monoisotopic (exact) mass is 481 g/mol. The van der Waals surface area contributed by atoms with E-state index in [9.17, 15) is 9.59 Å². The van der Waals surface area contributed by atoms with Gasteiger partial charge >= 0.3 is 12.1 Å². The van der Waals surface area contributed by atoms with Crippen LogP contribution in [0.15, 0.2) is 0 Å². The normalized spacial score (nSPS) is 10.2. The van der Waals surface area contributed by atoms with Gasteiger partial charge < -0.3 is 14.8 Å². The molecule has 0 aliphatic heterocycles. The van der Waals surface area contributed by atoms with Crippen LogP contribution in [0.25, 0.3) is 0 Å². The van der Waals surface area contributed by atoms with Crippen LogP contribution >= 0.6 is 23.5 Å². The Kier molecular flexibility index (Phi) is 31.1. The first kappa shape index (κ1) is 35.0. The lowest BCUT2D eigenvalue weighted by molar-refractivity contribution is -0.137. The van der Waals surface area contributed by atoms with E-state index in [0.29, 0.717) is 12.3 Å². The molecule has 0 unspecified atom stereocenters. The molecule has 0 aliphatic carbocycles. The molecule has 1 N–H and O–H groups in total. The highest BCUT2D eigenvalue weighted by atomic mass is 32.2. The highest BCUT2D eigenvalue weighted by Gasteiger charge is 2.15. The van der Waals surface area contributed by atoms with E-state index in [1.165, 1.54) is 57.8 Å². The number of hydrogen-bond acceptors (Lipinski definition) is 6. The van der Waals surface area contributed by atoms with Crippen LogP contribution in [0.1, 0.15) is 99.8 Å². The number of alkyl carbamates (subject to hydrolysis) is 1. The molecule has 0 fully saturated rings. The molecule has 0 heterocycles. The number of rotatable bonds is 16. The van der Waals surface area contributed by atoms with Crippen molar-refractivity contribution in [3.8, 4) is 0 Å². The lowest BCUT2D eigenvalue weighted by Crippen LogP contribution is -2.33. The lowest BCUT2D eigenvalue weighted by Gasteiger charge is -2.19. The van der Waals surface area contributed by atoms with Gasteiger partial charge in [0.2, 0.25) is 0 Å². The van der Waals surface area contributed by atoms with Crippen LogP contribution in [-0.4, -0.2) is 54.3 Å². The van der Waals surface area contributed by atoms with E-state index in [4.69, 9.17) is 4.74 Å². The van der Waals surface area contributed by atoms with E-state index in [0.717, 1.165) is 17.9 Å². The second-order valence-electron chi connectivity index (χ2n) is 7.50. The Morgan fingerprint density at radius 3 is 1.68 bits per heavy atom. The third kappa shape index (κ3) is 34.3. The molecule has 0 aliphatic rings. The summed E-state index contributed by atoms with van der Waals surface area (Å²) < 4.78 is 9.81. The summed E-state index contributed by atoms with van der Waals surface area (Å²) in [5.41, 5.74) is -0.428. The fourth-order valence-electron chi connectivity index (χ4n) is 2.29. The Morgan fingerprint density at radius 1 is 0.742 bits per heavy atom. The van der Waals surface area contributed by atoms with Crippen LogP contribution in [0.2, 0.25) is 0 Å². The smallest absolute Gasteiger partial charge is 0.407 e. The van der Waals surface area contributed by atoms with Gasteiger partial charge in [0.1, 0.15) is 5.60 Å². The molecule has 0 radical (unpaired) electrons. The molecule has 0 aromatic heterocycles. The quantitative estimate of drug-likeness (QED) is 0.184. The first-order valence-corrected chi connectivity index (χ1v) is 14.4. The average molecular weight is 482 g/mol. The van der Waals surface area contributed by atoms with Crippen LogP contribution in [0.4, 0.5) is 4.79 Å². The van der Waals surface area contributed by atoms with Crippen molar-refractivity contribution in [3.63, 3.8) is 0 Å². The first-order chi connectivity index (χ1) is 14.8. The molecule has 0 rings (SSSR count). The second kappa shape index (κ2) is 27.5. The van der Waals surface area contributed by atoms with Crippen LogP contribution in [-0.2, 0) is 14.3 Å². The maximum Gasteiger partial charge on any atom is 0.407 e. The number of amides is 1. The van der Waals surface area contributed by atoms with Crippen molar-refractivity contribution >= 4 is 35.6 Å². The van der Waals surface area contributed by atoms with Crippen molar-refractivity contribution in [2.75, 3.05) is 36.7 Å². The molecule has 0 aromatic carbocycles. The number of nitrogens with one attached hydrogen (secondary N) is 1. The largest absolute Gasteiger partial charge is 0.468 e. The number of esters is 1. The van der Waals surface area contributed by atoms with E-state index in [-0.39, 0.29) is 12.1 Å². The van der Waals surface area contributed by atoms with Gasteiger partial charge in [-0.1, -0.05) is 59.8 Å². The zero-order valence-electron chi connectivity index (χ0n) is 21.6. The number of carbonyl (C=O) groups excluding carboxylic acids is 2. The molecule has 0 aromatic rings. The lowest BCUT2D eigenvalue weighted by atomic mass is 10.1. The molecular formula is C24H51NO4S2. The van der Waals surface area contributed by atoms with Crippen LogP contribution < -0.4 is 5.32 Å². The van der Waals surface area contributed by atoms with E-state index in [2.05, 4.69) is 10.1 Å². The van der Waals surface area contributed by atoms with Gasteiger partial charge in [0.15, 0.2) is 0 Å². The average Bonchev–Trinajstić information content (AvgIpc) is 2.74. The standard InChI is InChI=1S/C20H39NO4S2.2C2H6/c1-20(2,3)25-19(23)21-13-12-16-26-14-10-8-6-5-7-9-11-15-27-17-18(22)24-4;2*1-2/h5-17H2,1-4H3,(H,21,23);2*1-2H3. The molecule has 0 atom stereocenters. The molecule has 7 heteroatoms.